The van der Waals surface area contributed by atoms with Gasteiger partial charge in [-0.3, -0.25) is 0 Å². The van der Waals surface area contributed by atoms with E-state index in [4.69, 9.17) is 5.73 Å². The van der Waals surface area contributed by atoms with E-state index in [-0.39, 0.29) is 0 Å². The topological polar surface area (TPSA) is 29.3 Å². The summed E-state index contributed by atoms with van der Waals surface area (Å²) in [6.07, 6.45) is 0. The molecule has 0 spiro atoms. The van der Waals surface area contributed by atoms with Crippen molar-refractivity contribution in [3.05, 3.63) is 34.3 Å². The van der Waals surface area contributed by atoms with Crippen LogP contribution in [0.25, 0.3) is 0 Å². The van der Waals surface area contributed by atoms with Crippen LogP contribution in [0.5, 0.6) is 0 Å². The van der Waals surface area contributed by atoms with Gasteiger partial charge in [-0.15, -0.1) is 0 Å². The van der Waals surface area contributed by atoms with E-state index in [0.717, 1.165) is 4.47 Å². The lowest BCUT2D eigenvalue weighted by molar-refractivity contribution is 0.306. The Hall–Kier alpha value is -0.380. The van der Waals surface area contributed by atoms with Crippen molar-refractivity contribution in [3.8, 4) is 0 Å². The maximum absolute atomic E-state index is 5.70. The first-order chi connectivity index (χ1) is 6.15. The van der Waals surface area contributed by atoms with Gasteiger partial charge < -0.3 is 10.6 Å². The van der Waals surface area contributed by atoms with Crippen LogP contribution in [-0.4, -0.2) is 25.5 Å². The first kappa shape index (κ1) is 10.7. The molecule has 1 rings (SSSR count). The zero-order valence-corrected chi connectivity index (χ0v) is 9.58. The summed E-state index contributed by atoms with van der Waals surface area (Å²) in [7, 11) is 4.08. The third kappa shape index (κ3) is 2.79. The van der Waals surface area contributed by atoms with Gasteiger partial charge >= 0.3 is 0 Å². The van der Waals surface area contributed by atoms with Crippen molar-refractivity contribution < 1.29 is 0 Å². The second-order valence-electron chi connectivity index (χ2n) is 3.27. The summed E-state index contributed by atoms with van der Waals surface area (Å²) in [6.45, 7) is 0.642. The lowest BCUT2D eigenvalue weighted by atomic mass is 10.1. The van der Waals surface area contributed by atoms with Crippen molar-refractivity contribution in [1.29, 1.82) is 0 Å². The minimum absolute atomic E-state index is 0.303. The molecule has 0 bridgehead atoms. The number of nitrogens with zero attached hydrogens (tertiary/aromatic N) is 1. The SMILES string of the molecule is CN(C)C(CN)c1cccc(Br)c1. The number of halogens is 1. The number of rotatable bonds is 3. The van der Waals surface area contributed by atoms with E-state index in [1.807, 2.05) is 26.2 Å². The Labute approximate surface area is 87.9 Å². The molecule has 0 aliphatic heterocycles. The molecule has 0 amide bonds. The van der Waals surface area contributed by atoms with Crippen molar-refractivity contribution in [2.45, 2.75) is 6.04 Å². The van der Waals surface area contributed by atoms with Gasteiger partial charge in [-0.2, -0.15) is 0 Å². The quantitative estimate of drug-likeness (QED) is 0.879. The number of hydrogen-bond donors (Lipinski definition) is 1. The number of likely N-dealkylation sites (N-methyl/N-ethyl adjacent to an activating group) is 1. The van der Waals surface area contributed by atoms with Gasteiger partial charge in [0.25, 0.3) is 0 Å². The van der Waals surface area contributed by atoms with Crippen LogP contribution in [0.2, 0.25) is 0 Å². The van der Waals surface area contributed by atoms with E-state index in [2.05, 4.69) is 33.0 Å². The lowest BCUT2D eigenvalue weighted by Gasteiger charge is -2.23. The van der Waals surface area contributed by atoms with Crippen molar-refractivity contribution in [1.82, 2.24) is 4.90 Å². The molecule has 0 fully saturated rings. The molecule has 0 radical (unpaired) electrons. The zero-order valence-electron chi connectivity index (χ0n) is 8.00. The number of nitrogens with two attached hydrogens (primary N) is 1. The van der Waals surface area contributed by atoms with Crippen LogP contribution >= 0.6 is 15.9 Å². The molecule has 2 nitrogen and oxygen atoms in total. The van der Waals surface area contributed by atoms with Crippen molar-refractivity contribution in [2.75, 3.05) is 20.6 Å². The molecule has 1 unspecified atom stereocenters. The molecule has 3 heteroatoms. The van der Waals surface area contributed by atoms with Gasteiger partial charge in [-0.25, -0.2) is 0 Å². The molecule has 0 aliphatic rings. The number of benzene rings is 1. The second-order valence-corrected chi connectivity index (χ2v) is 4.19. The van der Waals surface area contributed by atoms with E-state index in [9.17, 15) is 0 Å². The third-order valence-corrected chi connectivity index (χ3v) is 2.57. The van der Waals surface area contributed by atoms with Gasteiger partial charge in [0.05, 0.1) is 0 Å². The van der Waals surface area contributed by atoms with Crippen molar-refractivity contribution in [2.24, 2.45) is 5.73 Å². The largest absolute Gasteiger partial charge is 0.329 e. The molecule has 13 heavy (non-hydrogen) atoms. The molecule has 0 saturated carbocycles. The normalized spacial score (nSPS) is 13.3. The molecule has 0 heterocycles. The predicted octanol–water partition coefficient (Wildman–Crippen LogP) is 2.01. The Balaban J connectivity index is 2.91. The first-order valence-electron chi connectivity index (χ1n) is 4.27. The molecule has 2 N–H and O–H groups in total. The molecular weight excluding hydrogens is 228 g/mol. The smallest absolute Gasteiger partial charge is 0.0465 e. The minimum Gasteiger partial charge on any atom is -0.329 e. The highest BCUT2D eigenvalue weighted by Crippen LogP contribution is 2.20. The van der Waals surface area contributed by atoms with Crippen LogP contribution in [0.15, 0.2) is 28.7 Å². The maximum atomic E-state index is 5.70. The van der Waals surface area contributed by atoms with Gasteiger partial charge in [0.2, 0.25) is 0 Å². The van der Waals surface area contributed by atoms with E-state index >= 15 is 0 Å². The predicted molar refractivity (Wildman–Crippen MR) is 59.6 cm³/mol. The molecular formula is C10H15BrN2. The highest BCUT2D eigenvalue weighted by atomic mass is 79.9. The zero-order chi connectivity index (χ0) is 9.84. The van der Waals surface area contributed by atoms with Crippen LogP contribution in [0.3, 0.4) is 0 Å². The van der Waals surface area contributed by atoms with Gasteiger partial charge in [0, 0.05) is 17.1 Å². The minimum atomic E-state index is 0.303. The molecule has 0 aliphatic carbocycles. The summed E-state index contributed by atoms with van der Waals surface area (Å²) < 4.78 is 1.10. The number of hydrogen-bond acceptors (Lipinski definition) is 2. The molecule has 0 saturated heterocycles. The van der Waals surface area contributed by atoms with Crippen molar-refractivity contribution >= 4 is 15.9 Å². The highest BCUT2D eigenvalue weighted by molar-refractivity contribution is 9.10. The fourth-order valence-electron chi connectivity index (χ4n) is 1.36. The summed E-state index contributed by atoms with van der Waals surface area (Å²) in [5.41, 5.74) is 6.95. The fourth-order valence-corrected chi connectivity index (χ4v) is 1.78. The van der Waals surface area contributed by atoms with Gasteiger partial charge in [-0.1, -0.05) is 28.1 Å². The second kappa shape index (κ2) is 4.74. The monoisotopic (exact) mass is 242 g/mol. The Morgan fingerprint density at radius 2 is 2.15 bits per heavy atom. The van der Waals surface area contributed by atoms with Gasteiger partial charge in [0.1, 0.15) is 0 Å². The van der Waals surface area contributed by atoms with Crippen LogP contribution < -0.4 is 5.73 Å². The van der Waals surface area contributed by atoms with E-state index < -0.39 is 0 Å². The van der Waals surface area contributed by atoms with Gasteiger partial charge in [-0.05, 0) is 31.8 Å². The van der Waals surface area contributed by atoms with E-state index in [1.54, 1.807) is 0 Å². The molecule has 1 aromatic carbocycles. The highest BCUT2D eigenvalue weighted by Gasteiger charge is 2.11. The first-order valence-corrected chi connectivity index (χ1v) is 5.06. The summed E-state index contributed by atoms with van der Waals surface area (Å²) >= 11 is 3.45. The summed E-state index contributed by atoms with van der Waals surface area (Å²) in [5.74, 6) is 0. The summed E-state index contributed by atoms with van der Waals surface area (Å²) in [4.78, 5) is 2.13. The molecule has 1 atom stereocenters. The van der Waals surface area contributed by atoms with Gasteiger partial charge in [0.15, 0.2) is 0 Å². The van der Waals surface area contributed by atoms with Crippen LogP contribution in [0.1, 0.15) is 11.6 Å². The fraction of sp³-hybridized carbons (Fsp3) is 0.400. The van der Waals surface area contributed by atoms with E-state index in [0.29, 0.717) is 12.6 Å². The Kier molecular flexibility index (Phi) is 3.90. The van der Waals surface area contributed by atoms with Crippen molar-refractivity contribution in [3.63, 3.8) is 0 Å². The third-order valence-electron chi connectivity index (χ3n) is 2.08. The Morgan fingerprint density at radius 3 is 2.62 bits per heavy atom. The summed E-state index contributed by atoms with van der Waals surface area (Å²) in [6, 6.07) is 8.57. The average molecular weight is 243 g/mol. The van der Waals surface area contributed by atoms with Crippen LogP contribution in [0.4, 0.5) is 0 Å². The van der Waals surface area contributed by atoms with E-state index in [1.165, 1.54) is 5.56 Å². The Morgan fingerprint density at radius 1 is 1.46 bits per heavy atom. The Bertz CT molecular complexity index is 273. The molecule has 0 aromatic heterocycles. The molecule has 72 valence electrons. The molecule has 1 aromatic rings. The maximum Gasteiger partial charge on any atom is 0.0465 e. The lowest BCUT2D eigenvalue weighted by Crippen LogP contribution is -2.27. The standard InChI is InChI=1S/C10H15BrN2/c1-13(2)10(7-12)8-4-3-5-9(11)6-8/h3-6,10H,7,12H2,1-2H3. The van der Waals surface area contributed by atoms with Crippen LogP contribution in [-0.2, 0) is 0 Å². The average Bonchev–Trinajstić information content (AvgIpc) is 2.04. The summed E-state index contributed by atoms with van der Waals surface area (Å²) in [5, 5.41) is 0. The van der Waals surface area contributed by atoms with Crippen LogP contribution in [0, 0.1) is 0 Å².